The van der Waals surface area contributed by atoms with Gasteiger partial charge in [0.25, 0.3) is 0 Å². The highest BCUT2D eigenvalue weighted by molar-refractivity contribution is 5.72. The van der Waals surface area contributed by atoms with Gasteiger partial charge in [0, 0.05) is 5.92 Å². The minimum atomic E-state index is -0.913. The Balaban J connectivity index is 2.10. The van der Waals surface area contributed by atoms with E-state index in [1.165, 1.54) is 7.11 Å². The summed E-state index contributed by atoms with van der Waals surface area (Å²) in [6, 6.07) is 0. The van der Waals surface area contributed by atoms with Crippen LogP contribution in [0.15, 0.2) is 24.3 Å². The van der Waals surface area contributed by atoms with Crippen LogP contribution in [0, 0.1) is 35.5 Å². The predicted molar refractivity (Wildman–Crippen MR) is 128 cm³/mol. The van der Waals surface area contributed by atoms with Crippen molar-refractivity contribution in [2.24, 2.45) is 35.5 Å². The SMILES string of the molecule is CC=C[C@@H]1C[C@H](OC(=O)[C@@H](C)CC)[C@@H]2[C@@H](CC[C@@H](O)C[C@@H](O)CC(=O)OC)[C@@H](C)C=C[C@H]2C1. The largest absolute Gasteiger partial charge is 0.469 e. The van der Waals surface area contributed by atoms with Crippen LogP contribution >= 0.6 is 0 Å². The molecule has 0 heterocycles. The van der Waals surface area contributed by atoms with Crippen LogP contribution in [0.25, 0.3) is 0 Å². The molecule has 2 aliphatic rings. The minimum Gasteiger partial charge on any atom is -0.469 e. The van der Waals surface area contributed by atoms with Gasteiger partial charge in [-0.25, -0.2) is 0 Å². The Morgan fingerprint density at radius 3 is 2.55 bits per heavy atom. The molecule has 6 nitrogen and oxygen atoms in total. The first-order valence-corrected chi connectivity index (χ1v) is 12.6. The van der Waals surface area contributed by atoms with Crippen molar-refractivity contribution in [3.63, 3.8) is 0 Å². The van der Waals surface area contributed by atoms with Gasteiger partial charge < -0.3 is 19.7 Å². The van der Waals surface area contributed by atoms with Crippen LogP contribution in [0.1, 0.15) is 72.6 Å². The van der Waals surface area contributed by atoms with Crippen LogP contribution in [-0.2, 0) is 19.1 Å². The van der Waals surface area contributed by atoms with Gasteiger partial charge in [0.1, 0.15) is 6.10 Å². The van der Waals surface area contributed by atoms with E-state index in [1.54, 1.807) is 0 Å². The zero-order valence-corrected chi connectivity index (χ0v) is 21.0. The molecule has 1 fully saturated rings. The Bertz CT molecular complexity index is 686. The van der Waals surface area contributed by atoms with Crippen molar-refractivity contribution in [2.45, 2.75) is 91.0 Å². The number of hydrogen-bond acceptors (Lipinski definition) is 6. The number of rotatable bonds is 11. The van der Waals surface area contributed by atoms with Crippen LogP contribution in [0.5, 0.6) is 0 Å². The molecule has 2 N–H and O–H groups in total. The first-order chi connectivity index (χ1) is 15.7. The van der Waals surface area contributed by atoms with Gasteiger partial charge in [0.15, 0.2) is 0 Å². The Labute approximate surface area is 199 Å². The molecule has 33 heavy (non-hydrogen) atoms. The Morgan fingerprint density at radius 2 is 1.91 bits per heavy atom. The second-order valence-corrected chi connectivity index (χ2v) is 10.1. The van der Waals surface area contributed by atoms with E-state index in [2.05, 4.69) is 36.0 Å². The van der Waals surface area contributed by atoms with E-state index in [9.17, 15) is 19.8 Å². The van der Waals surface area contributed by atoms with E-state index in [-0.39, 0.29) is 42.7 Å². The van der Waals surface area contributed by atoms with Gasteiger partial charge in [-0.15, -0.1) is 0 Å². The molecule has 0 aromatic carbocycles. The Hall–Kier alpha value is -1.66. The quantitative estimate of drug-likeness (QED) is 0.347. The topological polar surface area (TPSA) is 93.1 Å². The van der Waals surface area contributed by atoms with Crippen LogP contribution in [0.3, 0.4) is 0 Å². The molecule has 0 saturated heterocycles. The van der Waals surface area contributed by atoms with Crippen LogP contribution in [-0.4, -0.2) is 47.6 Å². The normalized spacial score (nSPS) is 32.1. The summed E-state index contributed by atoms with van der Waals surface area (Å²) in [7, 11) is 1.29. The van der Waals surface area contributed by atoms with Crippen molar-refractivity contribution in [1.82, 2.24) is 0 Å². The smallest absolute Gasteiger partial charge is 0.308 e. The highest BCUT2D eigenvalue weighted by atomic mass is 16.5. The first-order valence-electron chi connectivity index (χ1n) is 12.6. The van der Waals surface area contributed by atoms with Gasteiger partial charge in [0.2, 0.25) is 0 Å². The summed E-state index contributed by atoms with van der Waals surface area (Å²) in [6.07, 6.45) is 11.2. The lowest BCUT2D eigenvalue weighted by Gasteiger charge is -2.47. The molecule has 0 aromatic rings. The van der Waals surface area contributed by atoms with Crippen LogP contribution in [0.2, 0.25) is 0 Å². The third-order valence-electron chi connectivity index (χ3n) is 7.62. The van der Waals surface area contributed by atoms with Gasteiger partial charge in [-0.3, -0.25) is 9.59 Å². The maximum absolute atomic E-state index is 12.7. The van der Waals surface area contributed by atoms with Crippen molar-refractivity contribution >= 4 is 11.9 Å². The molecule has 2 rings (SSSR count). The molecular weight excluding hydrogens is 420 g/mol. The average molecular weight is 465 g/mol. The molecule has 2 aliphatic carbocycles. The summed E-state index contributed by atoms with van der Waals surface area (Å²) in [5.74, 6) is 0.865. The summed E-state index contributed by atoms with van der Waals surface area (Å²) in [6.45, 7) is 8.15. The predicted octanol–water partition coefficient (Wildman–Crippen LogP) is 4.44. The van der Waals surface area contributed by atoms with E-state index in [0.717, 1.165) is 25.7 Å². The molecule has 0 amide bonds. The van der Waals surface area contributed by atoms with Crippen molar-refractivity contribution < 1.29 is 29.3 Å². The van der Waals surface area contributed by atoms with Crippen molar-refractivity contribution in [2.75, 3.05) is 7.11 Å². The van der Waals surface area contributed by atoms with E-state index in [0.29, 0.717) is 24.2 Å². The number of ether oxygens (including phenoxy) is 2. The molecule has 0 spiro atoms. The zero-order chi connectivity index (χ0) is 24.5. The zero-order valence-electron chi connectivity index (χ0n) is 21.0. The minimum absolute atomic E-state index is 0.110. The standard InChI is InChI=1S/C27H44O6/c1-6-8-19-13-20-10-9-18(4)23(12-11-21(28)15-22(29)16-25(30)32-5)26(20)24(14-19)33-27(31)17(3)7-2/h6,8-10,17-24,26,28-29H,7,11-16H2,1-5H3/t17-,18-,19-,20-,21+,22+,23-,24-,26-/m0/s1. The summed E-state index contributed by atoms with van der Waals surface area (Å²) in [5.41, 5.74) is 0. The molecule has 0 bridgehead atoms. The summed E-state index contributed by atoms with van der Waals surface area (Å²) >= 11 is 0. The maximum Gasteiger partial charge on any atom is 0.308 e. The van der Waals surface area contributed by atoms with Gasteiger partial charge >= 0.3 is 11.9 Å². The van der Waals surface area contributed by atoms with Crippen LogP contribution < -0.4 is 0 Å². The van der Waals surface area contributed by atoms with E-state index in [1.807, 2.05) is 20.8 Å². The summed E-state index contributed by atoms with van der Waals surface area (Å²) in [5, 5.41) is 20.6. The van der Waals surface area contributed by atoms with Gasteiger partial charge in [0.05, 0.1) is 31.7 Å². The highest BCUT2D eigenvalue weighted by Gasteiger charge is 2.45. The lowest BCUT2D eigenvalue weighted by atomic mass is 9.60. The molecule has 1 saturated carbocycles. The third-order valence-corrected chi connectivity index (χ3v) is 7.62. The fraction of sp³-hybridized carbons (Fsp3) is 0.778. The number of fused-ring (bicyclic) bond motifs is 1. The monoisotopic (exact) mass is 464 g/mol. The molecular formula is C27H44O6. The number of aliphatic hydroxyl groups excluding tert-OH is 2. The second-order valence-electron chi connectivity index (χ2n) is 10.1. The van der Waals surface area contributed by atoms with Gasteiger partial charge in [-0.2, -0.15) is 0 Å². The molecule has 0 aromatic heterocycles. The molecule has 9 atom stereocenters. The number of carbonyl (C=O) groups excluding carboxylic acids is 2. The number of aliphatic hydroxyl groups is 2. The number of carbonyl (C=O) groups is 2. The van der Waals surface area contributed by atoms with Gasteiger partial charge in [-0.1, -0.05) is 45.1 Å². The lowest BCUT2D eigenvalue weighted by Crippen LogP contribution is -2.46. The molecule has 0 unspecified atom stereocenters. The fourth-order valence-electron chi connectivity index (χ4n) is 5.56. The molecule has 188 valence electrons. The molecule has 0 radical (unpaired) electrons. The number of esters is 2. The number of allylic oxidation sites excluding steroid dienone is 4. The number of methoxy groups -OCH3 is 1. The maximum atomic E-state index is 12.7. The molecule has 0 aliphatic heterocycles. The Morgan fingerprint density at radius 1 is 1.18 bits per heavy atom. The first kappa shape index (κ1) is 27.6. The second kappa shape index (κ2) is 13.3. The lowest BCUT2D eigenvalue weighted by molar-refractivity contribution is -0.163. The van der Waals surface area contributed by atoms with Gasteiger partial charge in [-0.05, 0) is 69.1 Å². The summed E-state index contributed by atoms with van der Waals surface area (Å²) in [4.78, 5) is 24.1. The average Bonchev–Trinajstić information content (AvgIpc) is 2.77. The fourth-order valence-corrected chi connectivity index (χ4v) is 5.56. The van der Waals surface area contributed by atoms with E-state index >= 15 is 0 Å². The van der Waals surface area contributed by atoms with E-state index in [4.69, 9.17) is 4.74 Å². The third kappa shape index (κ3) is 7.96. The van der Waals surface area contributed by atoms with Crippen LogP contribution in [0.4, 0.5) is 0 Å². The Kier molecular flexibility index (Phi) is 11.1. The van der Waals surface area contributed by atoms with E-state index < -0.39 is 18.2 Å². The van der Waals surface area contributed by atoms with Crippen molar-refractivity contribution in [3.8, 4) is 0 Å². The summed E-state index contributed by atoms with van der Waals surface area (Å²) < 4.78 is 10.7. The van der Waals surface area contributed by atoms with Crippen molar-refractivity contribution in [1.29, 1.82) is 0 Å². The number of hydrogen-bond donors (Lipinski definition) is 2. The molecule has 6 heteroatoms. The van der Waals surface area contributed by atoms with Crippen molar-refractivity contribution in [3.05, 3.63) is 24.3 Å². The highest BCUT2D eigenvalue weighted by Crippen LogP contribution is 2.48.